The van der Waals surface area contributed by atoms with E-state index < -0.39 is 10.0 Å². The van der Waals surface area contributed by atoms with Crippen LogP contribution < -0.4 is 15.0 Å². The quantitative estimate of drug-likeness (QED) is 0.310. The summed E-state index contributed by atoms with van der Waals surface area (Å²) in [6, 6.07) is 18.6. The first-order valence-corrected chi connectivity index (χ1v) is 12.9. The van der Waals surface area contributed by atoms with Crippen LogP contribution in [0.2, 0.25) is 0 Å². The van der Waals surface area contributed by atoms with Crippen LogP contribution in [0.5, 0.6) is 5.75 Å². The van der Waals surface area contributed by atoms with Crippen molar-refractivity contribution in [2.45, 2.75) is 18.7 Å². The minimum atomic E-state index is -3.82. The Balaban J connectivity index is 1.64. The lowest BCUT2D eigenvalue weighted by Gasteiger charge is -2.10. The Kier molecular flexibility index (Phi) is 6.95. The zero-order valence-electron chi connectivity index (χ0n) is 19.2. The number of benzene rings is 3. The van der Waals surface area contributed by atoms with Crippen LogP contribution in [0.3, 0.4) is 0 Å². The number of ether oxygens (including phenoxy) is 1. The number of H-pyrrole nitrogens is 1. The van der Waals surface area contributed by atoms with Gasteiger partial charge in [0.15, 0.2) is 0 Å². The van der Waals surface area contributed by atoms with Gasteiger partial charge in [-0.2, -0.15) is 0 Å². The number of aromatic nitrogens is 2. The molecule has 1 aromatic heterocycles. The largest absolute Gasteiger partial charge is 0.494 e. The fourth-order valence-electron chi connectivity index (χ4n) is 3.45. The first-order valence-electron chi connectivity index (χ1n) is 10.6. The van der Waals surface area contributed by atoms with Crippen molar-refractivity contribution in [3.8, 4) is 11.4 Å². The molecule has 3 aromatic carbocycles. The van der Waals surface area contributed by atoms with Crippen molar-refractivity contribution in [1.82, 2.24) is 9.78 Å². The number of aliphatic imine (C=N–C) groups is 1. The lowest BCUT2D eigenvalue weighted by molar-refractivity contribution is 0.415. The topological polar surface area (TPSA) is 106 Å². The molecule has 180 valence electrons. The molecule has 0 saturated heterocycles. The molecule has 0 radical (unpaired) electrons. The van der Waals surface area contributed by atoms with E-state index in [0.717, 1.165) is 10.0 Å². The number of methoxy groups -OCH3 is 1. The van der Waals surface area contributed by atoms with Gasteiger partial charge in [-0.05, 0) is 61.9 Å². The molecule has 0 atom stereocenters. The van der Waals surface area contributed by atoms with E-state index in [2.05, 4.69) is 30.7 Å². The molecule has 0 fully saturated rings. The van der Waals surface area contributed by atoms with Crippen molar-refractivity contribution >= 4 is 43.5 Å². The molecular weight excluding hydrogens is 532 g/mol. The van der Waals surface area contributed by atoms with Crippen LogP contribution in [0.1, 0.15) is 16.8 Å². The van der Waals surface area contributed by atoms with Crippen LogP contribution in [-0.4, -0.2) is 31.5 Å². The summed E-state index contributed by atoms with van der Waals surface area (Å²) in [6.45, 7) is 3.73. The Morgan fingerprint density at radius 1 is 1.06 bits per heavy atom. The molecule has 1 heterocycles. The van der Waals surface area contributed by atoms with Gasteiger partial charge in [-0.1, -0.05) is 34.1 Å². The first kappa shape index (κ1) is 24.5. The average molecular weight is 555 g/mol. The van der Waals surface area contributed by atoms with Crippen molar-refractivity contribution < 1.29 is 13.2 Å². The zero-order valence-corrected chi connectivity index (χ0v) is 21.6. The minimum Gasteiger partial charge on any atom is -0.494 e. The predicted octanol–water partition coefficient (Wildman–Crippen LogP) is 5.10. The Morgan fingerprint density at radius 3 is 2.49 bits per heavy atom. The summed E-state index contributed by atoms with van der Waals surface area (Å²) in [7, 11) is -2.39. The van der Waals surface area contributed by atoms with Gasteiger partial charge in [-0.3, -0.25) is 19.6 Å². The van der Waals surface area contributed by atoms with Crippen molar-refractivity contribution in [2.75, 3.05) is 11.8 Å². The highest BCUT2D eigenvalue weighted by Crippen LogP contribution is 2.31. The molecule has 4 rings (SSSR count). The molecule has 0 spiro atoms. The Morgan fingerprint density at radius 2 is 1.80 bits per heavy atom. The molecule has 35 heavy (non-hydrogen) atoms. The van der Waals surface area contributed by atoms with Crippen molar-refractivity contribution in [3.05, 3.63) is 98.4 Å². The number of sulfonamides is 1. The number of aromatic amines is 1. The normalized spacial score (nSPS) is 11.7. The van der Waals surface area contributed by atoms with E-state index >= 15 is 0 Å². The third-order valence-corrected chi connectivity index (χ3v) is 7.61. The van der Waals surface area contributed by atoms with Crippen LogP contribution in [0.25, 0.3) is 5.69 Å². The van der Waals surface area contributed by atoms with E-state index in [-0.39, 0.29) is 16.2 Å². The molecule has 0 aliphatic heterocycles. The van der Waals surface area contributed by atoms with E-state index in [0.29, 0.717) is 28.3 Å². The molecule has 8 nitrogen and oxygen atoms in total. The van der Waals surface area contributed by atoms with Gasteiger partial charge in [0.05, 0.1) is 23.3 Å². The van der Waals surface area contributed by atoms with Crippen molar-refractivity contribution in [1.29, 1.82) is 0 Å². The molecule has 0 unspecified atom stereocenters. The van der Waals surface area contributed by atoms with Gasteiger partial charge in [0, 0.05) is 28.1 Å². The van der Waals surface area contributed by atoms with E-state index in [4.69, 9.17) is 4.74 Å². The molecule has 2 N–H and O–H groups in total. The number of nitrogens with zero attached hydrogens (tertiary/aromatic N) is 2. The maximum Gasteiger partial charge on any atom is 0.280 e. The molecule has 0 amide bonds. The van der Waals surface area contributed by atoms with E-state index in [9.17, 15) is 13.2 Å². The van der Waals surface area contributed by atoms with E-state index in [1.165, 1.54) is 36.2 Å². The summed E-state index contributed by atoms with van der Waals surface area (Å²) in [5.74, 6) is 0.259. The van der Waals surface area contributed by atoms with Gasteiger partial charge in [0.1, 0.15) is 11.4 Å². The highest BCUT2D eigenvalue weighted by molar-refractivity contribution is 9.10. The number of hydrogen-bond acceptors (Lipinski definition) is 5. The van der Waals surface area contributed by atoms with Gasteiger partial charge in [0.25, 0.3) is 15.6 Å². The third kappa shape index (κ3) is 5.23. The number of rotatable bonds is 7. The number of halogens is 1. The summed E-state index contributed by atoms with van der Waals surface area (Å²) < 4.78 is 35.9. The second kappa shape index (κ2) is 9.93. The van der Waals surface area contributed by atoms with Crippen LogP contribution >= 0.6 is 15.9 Å². The van der Waals surface area contributed by atoms with Gasteiger partial charge in [-0.15, -0.1) is 0 Å². The van der Waals surface area contributed by atoms with Crippen LogP contribution in [0.4, 0.5) is 11.4 Å². The summed E-state index contributed by atoms with van der Waals surface area (Å²) in [5, 5.41) is 3.07. The number of aryl methyl sites for hydroxylation is 2. The third-order valence-electron chi connectivity index (χ3n) is 5.34. The number of nitrogens with one attached hydrogen (secondary N) is 2. The maximum absolute atomic E-state index is 13.0. The minimum absolute atomic E-state index is 0.0305. The molecule has 0 bridgehead atoms. The summed E-state index contributed by atoms with van der Waals surface area (Å²) in [5.41, 5.74) is 3.32. The van der Waals surface area contributed by atoms with Gasteiger partial charge >= 0.3 is 0 Å². The number of para-hydroxylation sites is 1. The Bertz CT molecular complexity index is 1580. The van der Waals surface area contributed by atoms with Crippen LogP contribution in [0, 0.1) is 13.8 Å². The van der Waals surface area contributed by atoms with Gasteiger partial charge in [-0.25, -0.2) is 13.1 Å². The van der Waals surface area contributed by atoms with Crippen molar-refractivity contribution in [3.63, 3.8) is 0 Å². The predicted molar refractivity (Wildman–Crippen MR) is 141 cm³/mol. The smallest absolute Gasteiger partial charge is 0.280 e. The summed E-state index contributed by atoms with van der Waals surface area (Å²) >= 11 is 3.47. The lowest BCUT2D eigenvalue weighted by atomic mass is 10.2. The molecule has 10 heteroatoms. The fraction of sp³-hybridized carbons (Fsp3) is 0.120. The second-order valence-electron chi connectivity index (χ2n) is 7.79. The SMILES string of the molecule is COc1cc(S(=O)(=O)Nc2ccccc2)ccc1N=Cc1c(C)[nH]n(-c2ccc(Br)c(C)c2)c1=O. The van der Waals surface area contributed by atoms with Gasteiger partial charge in [0.2, 0.25) is 0 Å². The zero-order chi connectivity index (χ0) is 25.2. The summed E-state index contributed by atoms with van der Waals surface area (Å²) in [6.07, 6.45) is 1.45. The van der Waals surface area contributed by atoms with E-state index in [1.54, 1.807) is 37.3 Å². The van der Waals surface area contributed by atoms with E-state index in [1.807, 2.05) is 25.1 Å². The van der Waals surface area contributed by atoms with Crippen molar-refractivity contribution in [2.24, 2.45) is 4.99 Å². The Hall–Kier alpha value is -3.63. The average Bonchev–Trinajstić information content (AvgIpc) is 3.12. The monoisotopic (exact) mass is 554 g/mol. The molecule has 0 aliphatic rings. The molecular formula is C25H23BrN4O4S. The molecule has 0 saturated carbocycles. The number of hydrogen-bond donors (Lipinski definition) is 2. The maximum atomic E-state index is 13.0. The Labute approximate surface area is 211 Å². The highest BCUT2D eigenvalue weighted by Gasteiger charge is 2.17. The standard InChI is InChI=1S/C25H23BrN4O4S/c1-16-13-19(9-11-22(16)26)30-25(31)21(17(2)28-30)15-27-23-12-10-20(14-24(23)34-3)35(32,33)29-18-7-5-4-6-8-18/h4-15,28-29H,1-3H3. The highest BCUT2D eigenvalue weighted by atomic mass is 79.9. The van der Waals surface area contributed by atoms with Crippen LogP contribution in [0.15, 0.2) is 85.9 Å². The molecule has 4 aromatic rings. The lowest BCUT2D eigenvalue weighted by Crippen LogP contribution is -2.17. The molecule has 0 aliphatic carbocycles. The number of anilines is 1. The fourth-order valence-corrected chi connectivity index (χ4v) is 4.77. The van der Waals surface area contributed by atoms with Gasteiger partial charge < -0.3 is 4.74 Å². The summed E-state index contributed by atoms with van der Waals surface area (Å²) in [4.78, 5) is 17.5. The van der Waals surface area contributed by atoms with Crippen LogP contribution in [-0.2, 0) is 10.0 Å². The second-order valence-corrected chi connectivity index (χ2v) is 10.3. The first-order chi connectivity index (χ1) is 16.7.